The lowest BCUT2D eigenvalue weighted by Crippen LogP contribution is -2.62. The van der Waals surface area contributed by atoms with Gasteiger partial charge in [0.05, 0.1) is 37.6 Å². The van der Waals surface area contributed by atoms with Crippen molar-refractivity contribution in [1.82, 2.24) is 35.0 Å². The number of hydrogen-bond donors (Lipinski definition) is 2. The van der Waals surface area contributed by atoms with Crippen molar-refractivity contribution in [1.29, 1.82) is 0 Å². The zero-order chi connectivity index (χ0) is 35.4. The van der Waals surface area contributed by atoms with Crippen molar-refractivity contribution in [2.75, 3.05) is 13.1 Å². The average molecular weight is 668 g/mol. The Morgan fingerprint density at radius 1 is 1.12 bits per heavy atom. The molecule has 2 fully saturated rings. The van der Waals surface area contributed by atoms with Gasteiger partial charge in [0.15, 0.2) is 11.9 Å². The molecule has 0 aliphatic carbocycles. The highest BCUT2D eigenvalue weighted by atomic mass is 16.6. The van der Waals surface area contributed by atoms with E-state index in [1.165, 1.54) is 6.92 Å². The Morgan fingerprint density at radius 2 is 1.83 bits per heavy atom. The normalized spacial score (nSPS) is 33.9. The van der Waals surface area contributed by atoms with Gasteiger partial charge in [0, 0.05) is 39.2 Å². The third kappa shape index (κ3) is 8.23. The summed E-state index contributed by atoms with van der Waals surface area (Å²) in [6.07, 6.45) is 2.19. The fraction of sp³-hybridized carbons (Fsp3) is 0.727. The fourth-order valence-electron chi connectivity index (χ4n) is 7.19. The number of ketones is 1. The second kappa shape index (κ2) is 15.4. The largest absolute Gasteiger partial charge is 0.438 e. The lowest BCUT2D eigenvalue weighted by atomic mass is 9.67. The van der Waals surface area contributed by atoms with E-state index in [9.17, 15) is 24.6 Å². The van der Waals surface area contributed by atoms with E-state index in [-0.39, 0.29) is 37.0 Å². The summed E-state index contributed by atoms with van der Waals surface area (Å²) in [7, 11) is 6.33. The Bertz CT molecular complexity index is 1410. The molecule has 2 radical (unpaired) electrons. The molecule has 0 spiro atoms. The minimum Gasteiger partial charge on any atom is -0.438 e. The van der Waals surface area contributed by atoms with Crippen LogP contribution in [0.15, 0.2) is 24.5 Å². The van der Waals surface area contributed by atoms with E-state index in [4.69, 9.17) is 17.3 Å². The number of aliphatic hydroxyl groups is 2. The Labute approximate surface area is 284 Å². The zero-order valence-electron chi connectivity index (χ0n) is 29.2. The predicted octanol–water partition coefficient (Wildman–Crippen LogP) is 2.79. The maximum atomic E-state index is 13.7. The molecule has 2 aromatic rings. The number of Topliss-reactive ketones (excluding diaryl/α,β-unsaturated/α-hetero) is 1. The Morgan fingerprint density at radius 3 is 2.48 bits per heavy atom. The van der Waals surface area contributed by atoms with Crippen LogP contribution in [0.1, 0.15) is 80.6 Å². The van der Waals surface area contributed by atoms with Crippen LogP contribution in [0, 0.1) is 11.8 Å². The fourth-order valence-corrected chi connectivity index (χ4v) is 7.19. The van der Waals surface area contributed by atoms with Gasteiger partial charge in [-0.1, -0.05) is 26.0 Å². The zero-order valence-corrected chi connectivity index (χ0v) is 29.2. The van der Waals surface area contributed by atoms with E-state index >= 15 is 0 Å². The summed E-state index contributed by atoms with van der Waals surface area (Å²) in [6, 6.07) is 2.38. The Hall–Kier alpha value is -3.43. The molecule has 2 aromatic heterocycles. The number of unbranched alkanes of at least 4 members (excludes halogenated alkanes) is 1. The summed E-state index contributed by atoms with van der Waals surface area (Å²) in [5.74, 6) is -2.59. The molecule has 4 heterocycles. The number of amides is 2. The van der Waals surface area contributed by atoms with Crippen molar-refractivity contribution in [2.24, 2.45) is 11.8 Å². The highest BCUT2D eigenvalue weighted by Gasteiger charge is 2.59. The first-order chi connectivity index (χ1) is 22.6. The van der Waals surface area contributed by atoms with E-state index in [1.54, 1.807) is 59.8 Å². The van der Waals surface area contributed by atoms with Crippen molar-refractivity contribution in [3.8, 4) is 11.4 Å². The third-order valence-electron chi connectivity index (χ3n) is 9.97. The summed E-state index contributed by atoms with van der Waals surface area (Å²) in [5.41, 5.74) is -1.47. The molecule has 2 aliphatic heterocycles. The minimum atomic E-state index is -1.51. The second-order valence-corrected chi connectivity index (χ2v) is 13.9. The van der Waals surface area contributed by atoms with Crippen molar-refractivity contribution in [3.63, 3.8) is 0 Å². The first-order valence-electron chi connectivity index (χ1n) is 16.9. The Balaban J connectivity index is 1.61. The quantitative estimate of drug-likeness (QED) is 0.328. The standard InChI is InChI=1S/C33H50BN7O7/c1-8-28-33(7)29(40(31(45)48-33)15-10-9-14-39-19-25(37-38-39)24-12-11-13-35-36-24)22(4)41(23(5)42)18-20(2)17-32(6,46)27(34)16-26(43)21(3)30(44)47-28/h11-13,19-22,27-30,44,46H,8-10,14-18H2,1-7H3/t20-,21-,22-,27-,28-,29-,30?,32+,33-/m1/s1. The van der Waals surface area contributed by atoms with Crippen LogP contribution in [-0.4, -0.2) is 120 Å². The van der Waals surface area contributed by atoms with Gasteiger partial charge in [-0.3, -0.25) is 19.2 Å². The average Bonchev–Trinajstić information content (AvgIpc) is 3.61. The molecule has 15 heteroatoms. The van der Waals surface area contributed by atoms with Crippen LogP contribution in [0.5, 0.6) is 0 Å². The smallest absolute Gasteiger partial charge is 0.410 e. The number of nitrogens with zero attached hydrogens (tertiary/aromatic N) is 7. The molecule has 2 amide bonds. The molecule has 2 saturated heterocycles. The highest BCUT2D eigenvalue weighted by Crippen LogP contribution is 2.41. The molecule has 0 bridgehead atoms. The topological polar surface area (TPSA) is 173 Å². The summed E-state index contributed by atoms with van der Waals surface area (Å²) in [6.45, 7) is 13.2. The van der Waals surface area contributed by atoms with Crippen molar-refractivity contribution in [3.05, 3.63) is 24.5 Å². The van der Waals surface area contributed by atoms with Crippen molar-refractivity contribution >= 4 is 25.6 Å². The lowest BCUT2D eigenvalue weighted by Gasteiger charge is -2.45. The molecule has 9 atom stereocenters. The van der Waals surface area contributed by atoms with Crippen molar-refractivity contribution < 1.29 is 34.1 Å². The molecule has 4 rings (SSSR count). The van der Waals surface area contributed by atoms with E-state index < -0.39 is 53.5 Å². The second-order valence-electron chi connectivity index (χ2n) is 13.9. The van der Waals surface area contributed by atoms with Crippen molar-refractivity contribution in [2.45, 2.75) is 129 Å². The molecular formula is C33H50BN7O7. The third-order valence-corrected chi connectivity index (χ3v) is 9.97. The molecular weight excluding hydrogens is 617 g/mol. The van der Waals surface area contributed by atoms with Gasteiger partial charge < -0.3 is 24.6 Å². The Kier molecular flexibility index (Phi) is 12.0. The van der Waals surface area contributed by atoms with Crippen LogP contribution >= 0.6 is 0 Å². The number of fused-ring (bicyclic) bond motifs is 1. The molecule has 0 saturated carbocycles. The van der Waals surface area contributed by atoms with E-state index in [1.807, 2.05) is 20.8 Å². The van der Waals surface area contributed by atoms with E-state index in [0.29, 0.717) is 43.7 Å². The minimum absolute atomic E-state index is 0.163. The van der Waals surface area contributed by atoms with Gasteiger partial charge in [-0.05, 0) is 70.3 Å². The van der Waals surface area contributed by atoms with Crippen LogP contribution < -0.4 is 0 Å². The van der Waals surface area contributed by atoms with Gasteiger partial charge in [0.1, 0.15) is 23.3 Å². The number of ether oxygens (including phenoxy) is 2. The summed E-state index contributed by atoms with van der Waals surface area (Å²) in [4.78, 5) is 43.4. The molecule has 48 heavy (non-hydrogen) atoms. The predicted molar refractivity (Wildman–Crippen MR) is 176 cm³/mol. The lowest BCUT2D eigenvalue weighted by molar-refractivity contribution is -0.210. The molecule has 14 nitrogen and oxygen atoms in total. The first kappa shape index (κ1) is 37.4. The van der Waals surface area contributed by atoms with Crippen LogP contribution in [0.25, 0.3) is 11.4 Å². The number of aliphatic hydroxyl groups excluding tert-OH is 1. The summed E-state index contributed by atoms with van der Waals surface area (Å²) >= 11 is 0. The number of carbonyl (C=O) groups is 3. The SMILES string of the molecule is [B][C@@H]1CC(=O)[C@@H](C)C(O)O[C@H](CC)[C@@]2(C)OC(=O)N(CCCCn3cc(-c4cccnn4)nn3)[C@@H]2[C@@H](C)N(C(C)=O)C[C@H](C)C[C@]1(C)O. The molecule has 2 N–H and O–H groups in total. The number of hydrogen-bond acceptors (Lipinski definition) is 11. The van der Waals surface area contributed by atoms with Crippen LogP contribution in [0.3, 0.4) is 0 Å². The summed E-state index contributed by atoms with van der Waals surface area (Å²) in [5, 5.41) is 38.7. The molecule has 2 aliphatic rings. The number of carbonyl (C=O) groups excluding carboxylic acids is 3. The van der Waals surface area contributed by atoms with Crippen LogP contribution in [-0.2, 0) is 25.6 Å². The monoisotopic (exact) mass is 667 g/mol. The van der Waals surface area contributed by atoms with Gasteiger partial charge in [0.25, 0.3) is 0 Å². The molecule has 262 valence electrons. The van der Waals surface area contributed by atoms with Crippen LogP contribution in [0.2, 0.25) is 5.82 Å². The maximum Gasteiger partial charge on any atom is 0.410 e. The number of aromatic nitrogens is 5. The van der Waals surface area contributed by atoms with Gasteiger partial charge in [-0.15, -0.1) is 10.2 Å². The van der Waals surface area contributed by atoms with Gasteiger partial charge in [-0.2, -0.15) is 5.10 Å². The van der Waals surface area contributed by atoms with Gasteiger partial charge in [-0.25, -0.2) is 4.79 Å². The van der Waals surface area contributed by atoms with E-state index in [0.717, 1.165) is 0 Å². The van der Waals surface area contributed by atoms with Gasteiger partial charge >= 0.3 is 6.09 Å². The molecule has 1 unspecified atom stereocenters. The van der Waals surface area contributed by atoms with Gasteiger partial charge in [0.2, 0.25) is 5.91 Å². The highest BCUT2D eigenvalue weighted by molar-refractivity contribution is 6.14. The molecule has 0 aromatic carbocycles. The van der Waals surface area contributed by atoms with Crippen LogP contribution in [0.4, 0.5) is 4.79 Å². The number of aryl methyl sites for hydroxylation is 1. The maximum absolute atomic E-state index is 13.7. The first-order valence-corrected chi connectivity index (χ1v) is 16.9. The van der Waals surface area contributed by atoms with E-state index in [2.05, 4.69) is 20.5 Å². The number of rotatable bonds is 7. The summed E-state index contributed by atoms with van der Waals surface area (Å²) < 4.78 is 14.0.